The fourth-order valence-corrected chi connectivity index (χ4v) is 2.19. The Balaban J connectivity index is 2.55. The molecule has 0 bridgehead atoms. The largest absolute Gasteiger partial charge is 0.388 e. The standard InChI is InChI=1S/C15H25N3O2/c1-12(19)17-14-8-6-5-7-13(14)9-16-10-15(2,20)11-18(3)4/h5-8,16,20H,9-11H2,1-4H3,(H,17,19). The van der Waals surface area contributed by atoms with E-state index in [1.165, 1.54) is 6.92 Å². The van der Waals surface area contributed by atoms with E-state index in [1.807, 2.05) is 43.3 Å². The highest BCUT2D eigenvalue weighted by Crippen LogP contribution is 2.15. The summed E-state index contributed by atoms with van der Waals surface area (Å²) in [4.78, 5) is 13.1. The molecular formula is C15H25N3O2. The van der Waals surface area contributed by atoms with E-state index < -0.39 is 5.60 Å². The number of rotatable bonds is 7. The average Bonchev–Trinajstić information content (AvgIpc) is 2.28. The van der Waals surface area contributed by atoms with Gasteiger partial charge >= 0.3 is 0 Å². The van der Waals surface area contributed by atoms with Crippen LogP contribution >= 0.6 is 0 Å². The van der Waals surface area contributed by atoms with Crippen LogP contribution in [-0.2, 0) is 11.3 Å². The molecule has 5 heteroatoms. The van der Waals surface area contributed by atoms with Crippen molar-refractivity contribution in [3.05, 3.63) is 29.8 Å². The summed E-state index contributed by atoms with van der Waals surface area (Å²) in [6, 6.07) is 7.65. The Morgan fingerprint density at radius 1 is 1.35 bits per heavy atom. The molecule has 1 unspecified atom stereocenters. The number of hydrogen-bond acceptors (Lipinski definition) is 4. The molecule has 0 saturated carbocycles. The van der Waals surface area contributed by atoms with Crippen LogP contribution in [-0.4, -0.2) is 48.7 Å². The van der Waals surface area contributed by atoms with Crippen molar-refractivity contribution in [2.45, 2.75) is 26.0 Å². The zero-order chi connectivity index (χ0) is 15.2. The van der Waals surface area contributed by atoms with Gasteiger partial charge in [0, 0.05) is 32.2 Å². The van der Waals surface area contributed by atoms with Crippen molar-refractivity contribution in [2.24, 2.45) is 0 Å². The Morgan fingerprint density at radius 2 is 2.00 bits per heavy atom. The van der Waals surface area contributed by atoms with E-state index in [4.69, 9.17) is 0 Å². The molecule has 0 aliphatic carbocycles. The minimum atomic E-state index is -0.785. The number of amides is 1. The number of nitrogens with one attached hydrogen (secondary N) is 2. The van der Waals surface area contributed by atoms with Crippen LogP contribution in [0.2, 0.25) is 0 Å². The highest BCUT2D eigenvalue weighted by Gasteiger charge is 2.20. The normalized spacial score (nSPS) is 14.1. The number of benzene rings is 1. The molecule has 1 aromatic rings. The van der Waals surface area contributed by atoms with Crippen molar-refractivity contribution in [3.63, 3.8) is 0 Å². The maximum absolute atomic E-state index is 11.1. The minimum absolute atomic E-state index is 0.0861. The number of carbonyl (C=O) groups is 1. The molecule has 0 aliphatic rings. The molecule has 112 valence electrons. The molecule has 1 amide bonds. The van der Waals surface area contributed by atoms with Crippen LogP contribution in [0.3, 0.4) is 0 Å². The van der Waals surface area contributed by atoms with Gasteiger partial charge < -0.3 is 20.6 Å². The molecule has 20 heavy (non-hydrogen) atoms. The molecular weight excluding hydrogens is 254 g/mol. The van der Waals surface area contributed by atoms with E-state index in [-0.39, 0.29) is 5.91 Å². The molecule has 3 N–H and O–H groups in total. The van der Waals surface area contributed by atoms with E-state index in [1.54, 1.807) is 6.92 Å². The van der Waals surface area contributed by atoms with Crippen LogP contribution in [0.25, 0.3) is 0 Å². The zero-order valence-corrected chi connectivity index (χ0v) is 12.7. The minimum Gasteiger partial charge on any atom is -0.388 e. The molecule has 0 aromatic heterocycles. The highest BCUT2D eigenvalue weighted by atomic mass is 16.3. The third-order valence-corrected chi connectivity index (χ3v) is 2.81. The van der Waals surface area contributed by atoms with E-state index in [0.717, 1.165) is 11.3 Å². The van der Waals surface area contributed by atoms with Crippen LogP contribution in [0.15, 0.2) is 24.3 Å². The van der Waals surface area contributed by atoms with Crippen LogP contribution in [0.4, 0.5) is 5.69 Å². The first-order valence-corrected chi connectivity index (χ1v) is 6.73. The van der Waals surface area contributed by atoms with E-state index in [0.29, 0.717) is 19.6 Å². The molecule has 0 fully saturated rings. The lowest BCUT2D eigenvalue weighted by molar-refractivity contribution is -0.114. The second kappa shape index (κ2) is 7.38. The molecule has 0 aliphatic heterocycles. The number of carbonyl (C=O) groups excluding carboxylic acids is 1. The van der Waals surface area contributed by atoms with Gasteiger partial charge in [-0.3, -0.25) is 4.79 Å². The maximum Gasteiger partial charge on any atom is 0.221 e. The number of para-hydroxylation sites is 1. The second-order valence-corrected chi connectivity index (χ2v) is 5.68. The molecule has 1 rings (SSSR count). The lowest BCUT2D eigenvalue weighted by Crippen LogP contribution is -2.45. The Bertz CT molecular complexity index is 444. The monoisotopic (exact) mass is 279 g/mol. The Kier molecular flexibility index (Phi) is 6.13. The summed E-state index contributed by atoms with van der Waals surface area (Å²) in [5.41, 5.74) is 1.02. The summed E-state index contributed by atoms with van der Waals surface area (Å²) in [7, 11) is 3.86. The van der Waals surface area contributed by atoms with Gasteiger partial charge in [-0.25, -0.2) is 0 Å². The molecule has 0 heterocycles. The van der Waals surface area contributed by atoms with Gasteiger partial charge in [-0.2, -0.15) is 0 Å². The van der Waals surface area contributed by atoms with Crippen LogP contribution in [0.5, 0.6) is 0 Å². The summed E-state index contributed by atoms with van der Waals surface area (Å²) in [6.07, 6.45) is 0. The van der Waals surface area contributed by atoms with Crippen LogP contribution in [0, 0.1) is 0 Å². The van der Waals surface area contributed by atoms with Gasteiger partial charge in [0.15, 0.2) is 0 Å². The van der Waals surface area contributed by atoms with Gasteiger partial charge in [0.05, 0.1) is 5.60 Å². The SMILES string of the molecule is CC(=O)Nc1ccccc1CNCC(C)(O)CN(C)C. The molecule has 1 atom stereocenters. The average molecular weight is 279 g/mol. The number of nitrogens with zero attached hydrogens (tertiary/aromatic N) is 1. The Hall–Kier alpha value is -1.43. The van der Waals surface area contributed by atoms with Crippen molar-refractivity contribution in [1.82, 2.24) is 10.2 Å². The van der Waals surface area contributed by atoms with Crippen molar-refractivity contribution in [1.29, 1.82) is 0 Å². The second-order valence-electron chi connectivity index (χ2n) is 5.68. The molecule has 0 spiro atoms. The summed E-state index contributed by atoms with van der Waals surface area (Å²) >= 11 is 0. The van der Waals surface area contributed by atoms with Crippen molar-refractivity contribution in [3.8, 4) is 0 Å². The van der Waals surface area contributed by atoms with Gasteiger partial charge in [0.2, 0.25) is 5.91 Å². The Labute approximate surface area is 121 Å². The number of anilines is 1. The topological polar surface area (TPSA) is 64.6 Å². The van der Waals surface area contributed by atoms with E-state index in [2.05, 4.69) is 10.6 Å². The summed E-state index contributed by atoms with van der Waals surface area (Å²) in [6.45, 7) is 4.97. The third kappa shape index (κ3) is 6.14. The first-order valence-electron chi connectivity index (χ1n) is 6.73. The molecule has 0 saturated heterocycles. The lowest BCUT2D eigenvalue weighted by Gasteiger charge is -2.27. The van der Waals surface area contributed by atoms with Gasteiger partial charge in [-0.05, 0) is 32.6 Å². The fraction of sp³-hybridized carbons (Fsp3) is 0.533. The molecule has 5 nitrogen and oxygen atoms in total. The van der Waals surface area contributed by atoms with Crippen LogP contribution < -0.4 is 10.6 Å². The lowest BCUT2D eigenvalue weighted by atomic mass is 10.1. The van der Waals surface area contributed by atoms with Crippen LogP contribution in [0.1, 0.15) is 19.4 Å². The summed E-state index contributed by atoms with van der Waals surface area (Å²) in [5, 5.41) is 16.2. The van der Waals surface area contributed by atoms with Gasteiger partial charge in [0.1, 0.15) is 0 Å². The van der Waals surface area contributed by atoms with Crippen molar-refractivity contribution < 1.29 is 9.90 Å². The number of hydrogen-bond donors (Lipinski definition) is 3. The van der Waals surface area contributed by atoms with Crippen molar-refractivity contribution in [2.75, 3.05) is 32.5 Å². The van der Waals surface area contributed by atoms with Gasteiger partial charge in [-0.1, -0.05) is 18.2 Å². The quantitative estimate of drug-likeness (QED) is 0.698. The predicted molar refractivity (Wildman–Crippen MR) is 81.6 cm³/mol. The highest BCUT2D eigenvalue weighted by molar-refractivity contribution is 5.89. The Morgan fingerprint density at radius 3 is 2.60 bits per heavy atom. The number of aliphatic hydroxyl groups is 1. The van der Waals surface area contributed by atoms with E-state index >= 15 is 0 Å². The predicted octanol–water partition coefficient (Wildman–Crippen LogP) is 1.05. The van der Waals surface area contributed by atoms with E-state index in [9.17, 15) is 9.90 Å². The van der Waals surface area contributed by atoms with Gasteiger partial charge in [0.25, 0.3) is 0 Å². The number of likely N-dealkylation sites (N-methyl/N-ethyl adjacent to an activating group) is 1. The molecule has 0 radical (unpaired) electrons. The van der Waals surface area contributed by atoms with Gasteiger partial charge in [-0.15, -0.1) is 0 Å². The maximum atomic E-state index is 11.1. The first kappa shape index (κ1) is 16.6. The van der Waals surface area contributed by atoms with Crippen molar-refractivity contribution >= 4 is 11.6 Å². The third-order valence-electron chi connectivity index (χ3n) is 2.81. The summed E-state index contributed by atoms with van der Waals surface area (Å²) < 4.78 is 0. The molecule has 1 aromatic carbocycles. The first-order chi connectivity index (χ1) is 9.30. The fourth-order valence-electron chi connectivity index (χ4n) is 2.19. The summed E-state index contributed by atoms with van der Waals surface area (Å²) in [5.74, 6) is -0.0861. The smallest absolute Gasteiger partial charge is 0.221 e. The zero-order valence-electron chi connectivity index (χ0n) is 12.7.